The van der Waals surface area contributed by atoms with Crippen molar-refractivity contribution in [1.82, 2.24) is 4.31 Å². The topological polar surface area (TPSA) is 75.7 Å². The summed E-state index contributed by atoms with van der Waals surface area (Å²) < 4.78 is 33.1. The number of piperidine rings is 1. The van der Waals surface area contributed by atoms with Gasteiger partial charge in [-0.15, -0.1) is 11.3 Å². The Bertz CT molecular complexity index is 905. The maximum Gasteiger partial charge on any atom is 0.243 e. The highest BCUT2D eigenvalue weighted by Crippen LogP contribution is 2.30. The summed E-state index contributed by atoms with van der Waals surface area (Å²) in [6.45, 7) is 3.37. The molecule has 0 bridgehead atoms. The van der Waals surface area contributed by atoms with Gasteiger partial charge in [0, 0.05) is 24.4 Å². The van der Waals surface area contributed by atoms with Gasteiger partial charge in [0.1, 0.15) is 5.75 Å². The van der Waals surface area contributed by atoms with E-state index in [1.54, 1.807) is 23.5 Å². The van der Waals surface area contributed by atoms with Crippen LogP contribution in [0, 0.1) is 0 Å². The van der Waals surface area contributed by atoms with Gasteiger partial charge >= 0.3 is 0 Å². The second-order valence-electron chi connectivity index (χ2n) is 7.04. The van der Waals surface area contributed by atoms with Gasteiger partial charge in [-0.3, -0.25) is 4.79 Å². The van der Waals surface area contributed by atoms with Gasteiger partial charge in [-0.2, -0.15) is 4.31 Å². The Morgan fingerprint density at radius 2 is 2.00 bits per heavy atom. The zero-order valence-corrected chi connectivity index (χ0v) is 18.4. The Hall–Kier alpha value is -1.90. The molecule has 1 saturated heterocycles. The SMILES string of the molecule is CCOc1ccc(S(=O)(=O)N2CCCCC2)cc1NC(=O)CCCc1cccs1. The summed E-state index contributed by atoms with van der Waals surface area (Å²) in [6, 6.07) is 8.77. The van der Waals surface area contributed by atoms with Crippen LogP contribution < -0.4 is 10.1 Å². The van der Waals surface area contributed by atoms with E-state index in [1.165, 1.54) is 15.2 Å². The summed E-state index contributed by atoms with van der Waals surface area (Å²) in [5.74, 6) is 0.340. The number of aryl methyl sites for hydroxylation is 1. The Kier molecular flexibility index (Phi) is 7.69. The fraction of sp³-hybridized carbons (Fsp3) is 0.476. The summed E-state index contributed by atoms with van der Waals surface area (Å²) in [5, 5.41) is 4.87. The number of ether oxygens (including phenoxy) is 1. The van der Waals surface area contributed by atoms with Gasteiger partial charge in [0.2, 0.25) is 15.9 Å². The molecule has 1 aliphatic heterocycles. The molecule has 1 aliphatic rings. The number of hydrogen-bond acceptors (Lipinski definition) is 5. The van der Waals surface area contributed by atoms with Crippen LogP contribution in [-0.4, -0.2) is 38.3 Å². The Balaban J connectivity index is 1.71. The summed E-state index contributed by atoms with van der Waals surface area (Å²) in [4.78, 5) is 13.9. The van der Waals surface area contributed by atoms with Crippen molar-refractivity contribution in [2.24, 2.45) is 0 Å². The molecule has 1 N–H and O–H groups in total. The molecule has 0 atom stereocenters. The van der Waals surface area contributed by atoms with Crippen molar-refractivity contribution in [2.75, 3.05) is 25.0 Å². The smallest absolute Gasteiger partial charge is 0.243 e. The summed E-state index contributed by atoms with van der Waals surface area (Å²) >= 11 is 1.68. The number of carbonyl (C=O) groups is 1. The zero-order chi connectivity index (χ0) is 20.7. The van der Waals surface area contributed by atoms with Crippen LogP contribution in [-0.2, 0) is 21.2 Å². The highest BCUT2D eigenvalue weighted by atomic mass is 32.2. The van der Waals surface area contributed by atoms with Crippen LogP contribution in [0.1, 0.15) is 43.9 Å². The molecule has 6 nitrogen and oxygen atoms in total. The molecule has 1 fully saturated rings. The molecule has 0 aliphatic carbocycles. The van der Waals surface area contributed by atoms with Gasteiger partial charge in [0.05, 0.1) is 17.2 Å². The molecule has 0 spiro atoms. The fourth-order valence-corrected chi connectivity index (χ4v) is 5.69. The van der Waals surface area contributed by atoms with Gasteiger partial charge in [-0.25, -0.2) is 8.42 Å². The predicted octanol–water partition coefficient (Wildman–Crippen LogP) is 4.28. The quantitative estimate of drug-likeness (QED) is 0.636. The summed E-state index contributed by atoms with van der Waals surface area (Å²) in [6.07, 6.45) is 4.78. The number of rotatable bonds is 9. The van der Waals surface area contributed by atoms with Crippen LogP contribution in [0.4, 0.5) is 5.69 Å². The van der Waals surface area contributed by atoms with Crippen LogP contribution in [0.3, 0.4) is 0 Å². The molecular weight excluding hydrogens is 408 g/mol. The third kappa shape index (κ3) is 5.81. The van der Waals surface area contributed by atoms with Gasteiger partial charge < -0.3 is 10.1 Å². The zero-order valence-electron chi connectivity index (χ0n) is 16.7. The van der Waals surface area contributed by atoms with Crippen molar-refractivity contribution in [2.45, 2.75) is 50.3 Å². The summed E-state index contributed by atoms with van der Waals surface area (Å²) in [5.41, 5.74) is 0.408. The number of hydrogen-bond donors (Lipinski definition) is 1. The van der Waals surface area contributed by atoms with Gasteiger partial charge in [-0.05, 0) is 62.3 Å². The first-order valence-corrected chi connectivity index (χ1v) is 12.4. The first kappa shape index (κ1) is 21.8. The third-order valence-electron chi connectivity index (χ3n) is 4.88. The molecule has 2 aromatic rings. The lowest BCUT2D eigenvalue weighted by molar-refractivity contribution is -0.116. The predicted molar refractivity (Wildman–Crippen MR) is 116 cm³/mol. The molecule has 158 valence electrons. The molecule has 0 radical (unpaired) electrons. The van der Waals surface area contributed by atoms with E-state index in [4.69, 9.17) is 4.74 Å². The third-order valence-corrected chi connectivity index (χ3v) is 7.72. The number of thiophene rings is 1. The average molecular weight is 437 g/mol. The molecule has 3 rings (SSSR count). The highest BCUT2D eigenvalue weighted by Gasteiger charge is 2.27. The Labute approximate surface area is 176 Å². The van der Waals surface area contributed by atoms with E-state index in [-0.39, 0.29) is 10.8 Å². The van der Waals surface area contributed by atoms with Crippen molar-refractivity contribution in [3.8, 4) is 5.75 Å². The molecular formula is C21H28N2O4S2. The lowest BCUT2D eigenvalue weighted by atomic mass is 10.2. The largest absolute Gasteiger partial charge is 0.492 e. The second-order valence-corrected chi connectivity index (χ2v) is 10.0. The van der Waals surface area contributed by atoms with E-state index < -0.39 is 10.0 Å². The molecule has 1 amide bonds. The maximum atomic E-state index is 13.0. The fourth-order valence-electron chi connectivity index (χ4n) is 3.39. The monoisotopic (exact) mass is 436 g/mol. The highest BCUT2D eigenvalue weighted by molar-refractivity contribution is 7.89. The minimum absolute atomic E-state index is 0.143. The minimum atomic E-state index is -3.57. The number of anilines is 1. The van der Waals surface area contributed by atoms with Crippen molar-refractivity contribution < 1.29 is 17.9 Å². The number of benzene rings is 1. The molecule has 29 heavy (non-hydrogen) atoms. The van der Waals surface area contributed by atoms with E-state index in [0.717, 1.165) is 32.1 Å². The van der Waals surface area contributed by atoms with Crippen LogP contribution in [0.5, 0.6) is 5.75 Å². The van der Waals surface area contributed by atoms with Crippen LogP contribution in [0.2, 0.25) is 0 Å². The van der Waals surface area contributed by atoms with Gasteiger partial charge in [-0.1, -0.05) is 12.5 Å². The van der Waals surface area contributed by atoms with E-state index in [2.05, 4.69) is 11.4 Å². The molecule has 1 aromatic heterocycles. The Morgan fingerprint density at radius 1 is 1.21 bits per heavy atom. The number of amides is 1. The minimum Gasteiger partial charge on any atom is -0.492 e. The number of sulfonamides is 1. The Morgan fingerprint density at radius 3 is 2.69 bits per heavy atom. The van der Waals surface area contributed by atoms with E-state index in [9.17, 15) is 13.2 Å². The summed E-state index contributed by atoms with van der Waals surface area (Å²) in [7, 11) is -3.57. The number of carbonyl (C=O) groups excluding carboxylic acids is 1. The lowest BCUT2D eigenvalue weighted by Gasteiger charge is -2.26. The molecule has 8 heteroatoms. The normalized spacial score (nSPS) is 15.2. The second kappa shape index (κ2) is 10.2. The van der Waals surface area contributed by atoms with Crippen LogP contribution in [0.15, 0.2) is 40.6 Å². The molecule has 1 aromatic carbocycles. The standard InChI is InChI=1S/C21H28N2O4S2/c1-2-27-20-12-11-18(29(25,26)23-13-4-3-5-14-23)16-19(20)22-21(24)10-6-8-17-9-7-15-28-17/h7,9,11-12,15-16H,2-6,8,10,13-14H2,1H3,(H,22,24). The van der Waals surface area contributed by atoms with E-state index in [0.29, 0.717) is 37.6 Å². The average Bonchev–Trinajstić information content (AvgIpc) is 3.23. The van der Waals surface area contributed by atoms with Gasteiger partial charge in [0.25, 0.3) is 0 Å². The molecule has 0 unspecified atom stereocenters. The first-order chi connectivity index (χ1) is 14.0. The lowest BCUT2D eigenvalue weighted by Crippen LogP contribution is -2.35. The van der Waals surface area contributed by atoms with Crippen molar-refractivity contribution in [3.05, 3.63) is 40.6 Å². The van der Waals surface area contributed by atoms with Crippen molar-refractivity contribution >= 4 is 33.0 Å². The van der Waals surface area contributed by atoms with E-state index >= 15 is 0 Å². The van der Waals surface area contributed by atoms with Crippen molar-refractivity contribution in [3.63, 3.8) is 0 Å². The molecule has 0 saturated carbocycles. The first-order valence-electron chi connectivity index (χ1n) is 10.1. The van der Waals surface area contributed by atoms with Crippen molar-refractivity contribution in [1.29, 1.82) is 0 Å². The van der Waals surface area contributed by atoms with Gasteiger partial charge in [0.15, 0.2) is 0 Å². The van der Waals surface area contributed by atoms with Crippen LogP contribution >= 0.6 is 11.3 Å². The van der Waals surface area contributed by atoms with Crippen LogP contribution in [0.25, 0.3) is 0 Å². The number of nitrogens with one attached hydrogen (secondary N) is 1. The number of nitrogens with zero attached hydrogens (tertiary/aromatic N) is 1. The van der Waals surface area contributed by atoms with E-state index in [1.807, 2.05) is 18.4 Å². The molecule has 2 heterocycles. The maximum absolute atomic E-state index is 13.0.